The van der Waals surface area contributed by atoms with Crippen LogP contribution < -0.4 is 5.73 Å². The zero-order chi connectivity index (χ0) is 19.6. The summed E-state index contributed by atoms with van der Waals surface area (Å²) in [5.74, 6) is -1.21. The number of hydrogen-bond donors (Lipinski definition) is 1. The molecule has 0 amide bonds. The van der Waals surface area contributed by atoms with E-state index >= 15 is 0 Å². The van der Waals surface area contributed by atoms with E-state index in [1.54, 1.807) is 30.3 Å². The number of nitrogens with two attached hydrogens (primary N) is 1. The molecule has 3 rings (SSSR count). The molecule has 140 valence electrons. The lowest BCUT2D eigenvalue weighted by Gasteiger charge is -2.06. The molecule has 11 heteroatoms. The molecule has 1 aromatic carbocycles. The molecule has 0 atom stereocenters. The predicted octanol–water partition coefficient (Wildman–Crippen LogP) is 3.08. The highest BCUT2D eigenvalue weighted by Crippen LogP contribution is 2.25. The molecular weight excluding hydrogens is 370 g/mol. The number of carbonyl (C=O) groups excluding carboxylic acids is 1. The summed E-state index contributed by atoms with van der Waals surface area (Å²) in [6.45, 7) is 0. The SMILES string of the molecule is N/C(=N\OC(=O)c1cc2nc(C(F)F)cc(C(F)F)n2n1)c1ccccc1. The second kappa shape index (κ2) is 7.40. The fraction of sp³-hybridized carbons (Fsp3) is 0.125. The third kappa shape index (κ3) is 3.86. The van der Waals surface area contributed by atoms with Crippen molar-refractivity contribution in [3.63, 3.8) is 0 Å². The van der Waals surface area contributed by atoms with E-state index < -0.39 is 35.9 Å². The summed E-state index contributed by atoms with van der Waals surface area (Å²) in [5.41, 5.74) is 3.67. The van der Waals surface area contributed by atoms with Crippen LogP contribution in [0.25, 0.3) is 5.65 Å². The lowest BCUT2D eigenvalue weighted by Crippen LogP contribution is -2.15. The monoisotopic (exact) mass is 381 g/mol. The van der Waals surface area contributed by atoms with Crippen LogP contribution in [0.3, 0.4) is 0 Å². The van der Waals surface area contributed by atoms with Crippen LogP contribution >= 0.6 is 0 Å². The molecule has 0 saturated carbocycles. The first-order valence-electron chi connectivity index (χ1n) is 7.44. The quantitative estimate of drug-likeness (QED) is 0.241. The minimum absolute atomic E-state index is 0.0981. The lowest BCUT2D eigenvalue weighted by atomic mass is 10.2. The maximum atomic E-state index is 13.1. The molecule has 2 aromatic heterocycles. The van der Waals surface area contributed by atoms with E-state index in [2.05, 4.69) is 20.1 Å². The van der Waals surface area contributed by atoms with Crippen LogP contribution in [0.4, 0.5) is 17.6 Å². The standard InChI is InChI=1S/C16H11F4N5O2/c17-13(18)9-6-11(14(19)20)25-12(22-9)7-10(23-25)16(26)27-24-15(21)8-4-2-1-3-5-8/h1-7,13-14H,(H2,21,24). The number of amidine groups is 1. The minimum atomic E-state index is -3.11. The molecular formula is C16H11F4N5O2. The number of carbonyl (C=O) groups is 1. The number of aromatic nitrogens is 3. The fourth-order valence-corrected chi connectivity index (χ4v) is 2.18. The van der Waals surface area contributed by atoms with E-state index in [4.69, 9.17) is 5.73 Å². The summed E-state index contributed by atoms with van der Waals surface area (Å²) in [4.78, 5) is 20.2. The van der Waals surface area contributed by atoms with Gasteiger partial charge in [-0.1, -0.05) is 35.5 Å². The Morgan fingerprint density at radius 3 is 2.44 bits per heavy atom. The van der Waals surface area contributed by atoms with Gasteiger partial charge in [-0.2, -0.15) is 5.10 Å². The number of benzene rings is 1. The Balaban J connectivity index is 1.90. The van der Waals surface area contributed by atoms with Gasteiger partial charge in [-0.15, -0.1) is 0 Å². The molecule has 0 unspecified atom stereocenters. The van der Waals surface area contributed by atoms with Crippen LogP contribution in [0.1, 0.15) is 40.3 Å². The van der Waals surface area contributed by atoms with E-state index in [1.807, 2.05) is 0 Å². The zero-order valence-electron chi connectivity index (χ0n) is 13.4. The Labute approximate surface area is 149 Å². The van der Waals surface area contributed by atoms with Gasteiger partial charge in [-0.25, -0.2) is 31.9 Å². The normalized spacial score (nSPS) is 12.1. The molecule has 0 bridgehead atoms. The zero-order valence-corrected chi connectivity index (χ0v) is 13.4. The summed E-state index contributed by atoms with van der Waals surface area (Å²) in [7, 11) is 0. The van der Waals surface area contributed by atoms with Crippen LogP contribution in [-0.4, -0.2) is 26.4 Å². The fourth-order valence-electron chi connectivity index (χ4n) is 2.18. The van der Waals surface area contributed by atoms with E-state index in [1.165, 1.54) is 0 Å². The highest BCUT2D eigenvalue weighted by molar-refractivity contribution is 5.98. The molecule has 0 aliphatic carbocycles. The molecule has 0 spiro atoms. The first-order valence-corrected chi connectivity index (χ1v) is 7.44. The van der Waals surface area contributed by atoms with Gasteiger partial charge in [0.25, 0.3) is 12.9 Å². The van der Waals surface area contributed by atoms with Crippen LogP contribution in [-0.2, 0) is 4.84 Å². The minimum Gasteiger partial charge on any atom is -0.380 e. The third-order valence-corrected chi connectivity index (χ3v) is 3.43. The van der Waals surface area contributed by atoms with Crippen LogP contribution in [0, 0.1) is 0 Å². The van der Waals surface area contributed by atoms with Crippen LogP contribution in [0.2, 0.25) is 0 Å². The maximum Gasteiger partial charge on any atom is 0.385 e. The molecule has 7 nitrogen and oxygen atoms in total. The Bertz CT molecular complexity index is 1000. The molecule has 0 saturated heterocycles. The third-order valence-electron chi connectivity index (χ3n) is 3.43. The highest BCUT2D eigenvalue weighted by atomic mass is 19.3. The molecule has 3 aromatic rings. The van der Waals surface area contributed by atoms with Crippen molar-refractivity contribution in [1.82, 2.24) is 14.6 Å². The van der Waals surface area contributed by atoms with E-state index in [0.717, 1.165) is 6.07 Å². The number of alkyl halides is 4. The van der Waals surface area contributed by atoms with Crippen molar-refractivity contribution in [2.75, 3.05) is 0 Å². The van der Waals surface area contributed by atoms with E-state index in [-0.39, 0.29) is 11.5 Å². The van der Waals surface area contributed by atoms with Gasteiger partial charge < -0.3 is 10.6 Å². The number of fused-ring (bicyclic) bond motifs is 1. The summed E-state index contributed by atoms with van der Waals surface area (Å²) < 4.78 is 52.4. The van der Waals surface area contributed by atoms with Gasteiger partial charge in [0, 0.05) is 11.6 Å². The number of nitrogens with zero attached hydrogens (tertiary/aromatic N) is 4. The Morgan fingerprint density at radius 1 is 1.11 bits per heavy atom. The first-order chi connectivity index (χ1) is 12.9. The Morgan fingerprint density at radius 2 is 1.81 bits per heavy atom. The van der Waals surface area contributed by atoms with E-state index in [9.17, 15) is 22.4 Å². The molecule has 2 heterocycles. The number of halogens is 4. The smallest absolute Gasteiger partial charge is 0.380 e. The second-order valence-corrected chi connectivity index (χ2v) is 5.23. The van der Waals surface area contributed by atoms with Crippen molar-refractivity contribution in [2.24, 2.45) is 10.9 Å². The topological polar surface area (TPSA) is 94.9 Å². The van der Waals surface area contributed by atoms with Crippen molar-refractivity contribution in [3.05, 3.63) is 65.1 Å². The van der Waals surface area contributed by atoms with Gasteiger partial charge in [0.05, 0.1) is 0 Å². The maximum absolute atomic E-state index is 13.1. The first kappa shape index (κ1) is 18.3. The van der Waals surface area contributed by atoms with Crippen LogP contribution in [0.5, 0.6) is 0 Å². The Hall–Kier alpha value is -3.50. The van der Waals surface area contributed by atoms with Crippen molar-refractivity contribution >= 4 is 17.5 Å². The summed E-state index contributed by atoms with van der Waals surface area (Å²) in [6, 6.07) is 9.86. The second-order valence-electron chi connectivity index (χ2n) is 5.23. The van der Waals surface area contributed by atoms with Gasteiger partial charge in [-0.3, -0.25) is 0 Å². The van der Waals surface area contributed by atoms with Gasteiger partial charge in [0.2, 0.25) is 0 Å². The van der Waals surface area contributed by atoms with Crippen molar-refractivity contribution in [3.8, 4) is 0 Å². The summed E-state index contributed by atoms with van der Waals surface area (Å²) in [6.07, 6.45) is -6.17. The summed E-state index contributed by atoms with van der Waals surface area (Å²) in [5, 5.41) is 7.08. The summed E-state index contributed by atoms with van der Waals surface area (Å²) >= 11 is 0. The van der Waals surface area contributed by atoms with Crippen molar-refractivity contribution < 1.29 is 27.2 Å². The average Bonchev–Trinajstić information content (AvgIpc) is 3.09. The molecule has 0 aliphatic heterocycles. The van der Waals surface area contributed by atoms with Gasteiger partial charge in [0.1, 0.15) is 11.4 Å². The van der Waals surface area contributed by atoms with Crippen molar-refractivity contribution in [2.45, 2.75) is 12.9 Å². The predicted molar refractivity (Wildman–Crippen MR) is 85.5 cm³/mol. The van der Waals surface area contributed by atoms with E-state index in [0.29, 0.717) is 16.1 Å². The molecule has 27 heavy (non-hydrogen) atoms. The Kier molecular flexibility index (Phi) is 5.01. The van der Waals surface area contributed by atoms with Gasteiger partial charge in [0.15, 0.2) is 17.2 Å². The highest BCUT2D eigenvalue weighted by Gasteiger charge is 2.22. The van der Waals surface area contributed by atoms with Gasteiger partial charge in [-0.05, 0) is 6.07 Å². The number of hydrogen-bond acceptors (Lipinski definition) is 5. The van der Waals surface area contributed by atoms with Crippen molar-refractivity contribution in [1.29, 1.82) is 0 Å². The molecule has 0 radical (unpaired) electrons. The van der Waals surface area contributed by atoms with Crippen LogP contribution in [0.15, 0.2) is 47.6 Å². The number of oxime groups is 1. The van der Waals surface area contributed by atoms with Gasteiger partial charge >= 0.3 is 5.97 Å². The molecule has 0 fully saturated rings. The lowest BCUT2D eigenvalue weighted by molar-refractivity contribution is 0.0508. The molecule has 0 aliphatic rings. The molecule has 2 N–H and O–H groups in total. The average molecular weight is 381 g/mol. The number of rotatable bonds is 5. The largest absolute Gasteiger partial charge is 0.385 e.